The Balaban J connectivity index is 1.29. The lowest BCUT2D eigenvalue weighted by molar-refractivity contribution is 0.0938. The normalized spacial score (nSPS) is 18.7. The fraction of sp³-hybridized carbons (Fsp3) is 0.286. The van der Waals surface area contributed by atoms with Crippen molar-refractivity contribution in [3.05, 3.63) is 161 Å². The van der Waals surface area contributed by atoms with Gasteiger partial charge in [0.25, 0.3) is 0 Å². The third-order valence-corrected chi connectivity index (χ3v) is 10.9. The van der Waals surface area contributed by atoms with Gasteiger partial charge in [-0.1, -0.05) is 129 Å². The van der Waals surface area contributed by atoms with E-state index in [4.69, 9.17) is 4.98 Å². The number of para-hydroxylation sites is 1. The smallest absolute Gasteiger partial charge is 0.174 e. The first kappa shape index (κ1) is 28.8. The van der Waals surface area contributed by atoms with Crippen molar-refractivity contribution in [2.45, 2.75) is 69.9 Å². The standard InChI is InChI=1S/C42H41N3O/c1-29-26-36(41(46)38-35-24-14-15-25-37(35)44(40(29)38)27-31-16-12-13-17-31)39-30(2)45(28-43-39)42(32-18-6-3-7-19-32,33-20-8-4-9-21-33)34-22-10-5-11-23-34/h3-11,14-15,18-25,28-29,31,36H,12-13,16-17,26-27H2,1-2H3. The van der Waals surface area contributed by atoms with Crippen LogP contribution in [0, 0.1) is 12.8 Å². The van der Waals surface area contributed by atoms with E-state index in [9.17, 15) is 4.79 Å². The summed E-state index contributed by atoms with van der Waals surface area (Å²) < 4.78 is 4.83. The lowest BCUT2D eigenvalue weighted by atomic mass is 9.75. The molecular weight excluding hydrogens is 562 g/mol. The highest BCUT2D eigenvalue weighted by Gasteiger charge is 2.43. The lowest BCUT2D eigenvalue weighted by Crippen LogP contribution is -2.38. The fourth-order valence-corrected chi connectivity index (χ4v) is 8.78. The van der Waals surface area contributed by atoms with E-state index in [1.807, 2.05) is 6.33 Å². The first-order valence-corrected chi connectivity index (χ1v) is 16.9. The minimum atomic E-state index is -0.662. The Morgan fingerprint density at radius 1 is 0.761 bits per heavy atom. The molecule has 230 valence electrons. The largest absolute Gasteiger partial charge is 0.343 e. The first-order valence-electron chi connectivity index (χ1n) is 16.9. The van der Waals surface area contributed by atoms with Crippen molar-refractivity contribution >= 4 is 16.7 Å². The summed E-state index contributed by atoms with van der Waals surface area (Å²) in [7, 11) is 0. The zero-order valence-electron chi connectivity index (χ0n) is 26.8. The molecule has 1 saturated carbocycles. The van der Waals surface area contributed by atoms with Gasteiger partial charge < -0.3 is 9.13 Å². The zero-order chi connectivity index (χ0) is 31.3. The molecule has 0 radical (unpaired) electrons. The zero-order valence-corrected chi connectivity index (χ0v) is 26.8. The van der Waals surface area contributed by atoms with Crippen LogP contribution in [0.2, 0.25) is 0 Å². The molecule has 0 aliphatic heterocycles. The van der Waals surface area contributed by atoms with Gasteiger partial charge in [-0.25, -0.2) is 4.98 Å². The molecule has 0 amide bonds. The van der Waals surface area contributed by atoms with Crippen LogP contribution in [0.25, 0.3) is 10.9 Å². The van der Waals surface area contributed by atoms with E-state index in [0.29, 0.717) is 5.92 Å². The van der Waals surface area contributed by atoms with Crippen molar-refractivity contribution in [1.29, 1.82) is 0 Å². The second-order valence-corrected chi connectivity index (χ2v) is 13.5. The van der Waals surface area contributed by atoms with Gasteiger partial charge in [0.15, 0.2) is 5.78 Å². The van der Waals surface area contributed by atoms with Crippen LogP contribution < -0.4 is 0 Å². The molecule has 4 nitrogen and oxygen atoms in total. The third kappa shape index (κ3) is 4.41. The van der Waals surface area contributed by atoms with Crippen molar-refractivity contribution in [3.8, 4) is 0 Å². The van der Waals surface area contributed by atoms with Gasteiger partial charge in [-0.05, 0) is 60.8 Å². The molecule has 0 bridgehead atoms. The Morgan fingerprint density at radius 3 is 1.89 bits per heavy atom. The number of rotatable bonds is 7. The molecule has 2 heterocycles. The first-order chi connectivity index (χ1) is 22.6. The maximum Gasteiger partial charge on any atom is 0.174 e. The van der Waals surface area contributed by atoms with Gasteiger partial charge >= 0.3 is 0 Å². The van der Waals surface area contributed by atoms with E-state index in [2.05, 4.69) is 138 Å². The fourth-order valence-electron chi connectivity index (χ4n) is 8.78. The average molecular weight is 604 g/mol. The van der Waals surface area contributed by atoms with E-state index in [1.54, 1.807) is 0 Å². The van der Waals surface area contributed by atoms with Crippen LogP contribution in [-0.4, -0.2) is 19.9 Å². The second kappa shape index (κ2) is 11.6. The second-order valence-electron chi connectivity index (χ2n) is 13.5. The molecule has 4 heteroatoms. The Labute approximate surface area is 271 Å². The van der Waals surface area contributed by atoms with Gasteiger partial charge in [-0.2, -0.15) is 0 Å². The quantitative estimate of drug-likeness (QED) is 0.171. The number of aromatic nitrogens is 3. The summed E-state index contributed by atoms with van der Waals surface area (Å²) in [6.07, 6.45) is 7.96. The van der Waals surface area contributed by atoms with Crippen LogP contribution >= 0.6 is 0 Å². The number of Topliss-reactive ketones (excluding diaryl/α,β-unsaturated/α-hetero) is 1. The summed E-state index contributed by atoms with van der Waals surface area (Å²) in [6, 6.07) is 40.7. The molecule has 0 N–H and O–H groups in total. The number of hydrogen-bond acceptors (Lipinski definition) is 2. The van der Waals surface area contributed by atoms with Crippen molar-refractivity contribution in [2.24, 2.45) is 5.92 Å². The lowest BCUT2D eigenvalue weighted by Gasteiger charge is -2.38. The van der Waals surface area contributed by atoms with Gasteiger partial charge in [0, 0.05) is 34.4 Å². The minimum Gasteiger partial charge on any atom is -0.343 e. The average Bonchev–Trinajstić information content (AvgIpc) is 3.84. The summed E-state index contributed by atoms with van der Waals surface area (Å²) in [5.74, 6) is 0.861. The van der Waals surface area contributed by atoms with Crippen molar-refractivity contribution in [1.82, 2.24) is 14.1 Å². The number of fused-ring (bicyclic) bond motifs is 3. The maximum atomic E-state index is 14.8. The predicted octanol–water partition coefficient (Wildman–Crippen LogP) is 9.65. The molecule has 8 rings (SSSR count). The van der Waals surface area contributed by atoms with E-state index < -0.39 is 5.54 Å². The highest BCUT2D eigenvalue weighted by atomic mass is 16.1. The Hall–Kier alpha value is -4.70. The van der Waals surface area contributed by atoms with Gasteiger partial charge in [-0.3, -0.25) is 4.79 Å². The summed E-state index contributed by atoms with van der Waals surface area (Å²) in [6.45, 7) is 5.49. The summed E-state index contributed by atoms with van der Waals surface area (Å²) >= 11 is 0. The number of ketones is 1. The van der Waals surface area contributed by atoms with E-state index in [-0.39, 0.29) is 17.6 Å². The van der Waals surface area contributed by atoms with Crippen LogP contribution in [0.1, 0.15) is 95.0 Å². The van der Waals surface area contributed by atoms with E-state index in [1.165, 1.54) is 36.9 Å². The number of carbonyl (C=O) groups is 1. The molecule has 2 atom stereocenters. The topological polar surface area (TPSA) is 39.8 Å². The molecule has 4 aromatic carbocycles. The molecular formula is C42H41N3O. The third-order valence-electron chi connectivity index (χ3n) is 10.9. The van der Waals surface area contributed by atoms with Crippen LogP contribution in [0.15, 0.2) is 122 Å². The number of benzene rings is 4. The van der Waals surface area contributed by atoms with Gasteiger partial charge in [0.05, 0.1) is 17.9 Å². The summed E-state index contributed by atoms with van der Waals surface area (Å²) in [5.41, 5.74) is 8.08. The molecule has 2 aromatic heterocycles. The monoisotopic (exact) mass is 603 g/mol. The van der Waals surface area contributed by atoms with Gasteiger partial charge in [0.1, 0.15) is 5.54 Å². The summed E-state index contributed by atoms with van der Waals surface area (Å²) in [4.78, 5) is 19.9. The minimum absolute atomic E-state index is 0.215. The van der Waals surface area contributed by atoms with Crippen LogP contribution in [-0.2, 0) is 12.1 Å². The van der Waals surface area contributed by atoms with Gasteiger partial charge in [-0.15, -0.1) is 0 Å². The number of hydrogen-bond donors (Lipinski definition) is 0. The van der Waals surface area contributed by atoms with Gasteiger partial charge in [0.2, 0.25) is 0 Å². The van der Waals surface area contributed by atoms with Crippen molar-refractivity contribution in [3.63, 3.8) is 0 Å². The highest BCUT2D eigenvalue weighted by Crippen LogP contribution is 2.47. The summed E-state index contributed by atoms with van der Waals surface area (Å²) in [5, 5.41) is 1.10. The Morgan fingerprint density at radius 2 is 1.30 bits per heavy atom. The molecule has 2 aliphatic rings. The molecule has 46 heavy (non-hydrogen) atoms. The molecule has 6 aromatic rings. The van der Waals surface area contributed by atoms with Crippen LogP contribution in [0.4, 0.5) is 0 Å². The number of carbonyl (C=O) groups excluding carboxylic acids is 1. The van der Waals surface area contributed by atoms with E-state index >= 15 is 0 Å². The number of imidazole rings is 1. The Kier molecular flexibility index (Phi) is 7.24. The van der Waals surface area contributed by atoms with Crippen LogP contribution in [0.5, 0.6) is 0 Å². The molecule has 0 saturated heterocycles. The van der Waals surface area contributed by atoms with Crippen molar-refractivity contribution in [2.75, 3.05) is 0 Å². The predicted molar refractivity (Wildman–Crippen MR) is 186 cm³/mol. The SMILES string of the molecule is Cc1c(C2CC(C)c3c(c4ccccc4n3CC3CCCC3)C2=O)ncn1C(c1ccccc1)(c1ccccc1)c1ccccc1. The highest BCUT2D eigenvalue weighted by molar-refractivity contribution is 6.13. The van der Waals surface area contributed by atoms with Crippen molar-refractivity contribution < 1.29 is 4.79 Å². The number of nitrogens with zero attached hydrogens (tertiary/aromatic N) is 3. The molecule has 2 unspecified atom stereocenters. The molecule has 1 fully saturated rings. The maximum absolute atomic E-state index is 14.8. The van der Waals surface area contributed by atoms with E-state index in [0.717, 1.165) is 52.0 Å². The van der Waals surface area contributed by atoms with Crippen LogP contribution in [0.3, 0.4) is 0 Å². The molecule has 0 spiro atoms. The molecule has 2 aliphatic carbocycles. The Bertz CT molecular complexity index is 1900.